The normalized spacial score (nSPS) is 34.4. The Balaban J connectivity index is 1.61. The average Bonchev–Trinajstić information content (AvgIpc) is 2.60. The highest BCUT2D eigenvalue weighted by molar-refractivity contribution is 5.88. The largest absolute Gasteiger partial charge is 0.480 e. The van der Waals surface area contributed by atoms with Crippen LogP contribution in [-0.4, -0.2) is 29.5 Å². The number of carbonyl (C=O) groups is 2. The number of aliphatic carboxylic acids is 1. The third-order valence-electron chi connectivity index (χ3n) is 7.22. The molecule has 0 aromatic heterocycles. The van der Waals surface area contributed by atoms with Crippen molar-refractivity contribution in [2.45, 2.75) is 69.8 Å². The highest BCUT2D eigenvalue weighted by Gasteiger charge is 2.61. The molecule has 28 heavy (non-hydrogen) atoms. The minimum absolute atomic E-state index is 0.0590. The number of amides is 1. The van der Waals surface area contributed by atoms with Crippen molar-refractivity contribution >= 4 is 11.9 Å². The second-order valence-electron chi connectivity index (χ2n) is 9.38. The Morgan fingerprint density at radius 2 is 1.75 bits per heavy atom. The van der Waals surface area contributed by atoms with E-state index >= 15 is 0 Å². The van der Waals surface area contributed by atoms with E-state index in [0.29, 0.717) is 18.3 Å². The zero-order valence-electron chi connectivity index (χ0n) is 16.1. The fourth-order valence-electron chi connectivity index (χ4n) is 6.48. The molecule has 1 amide bonds. The Bertz CT molecular complexity index is 762. The topological polar surface area (TPSA) is 66.4 Å². The number of carboxylic acids is 1. The standard InChI is InChI=1S/C22H27F2NO3/c1-13-2-4-16(5-3-13)21-8-14-6-15(9-21)11-22(10-14,12-21)20(28)25-17(19(26)27)7-18(23)24/h2-5,14-15,17-18H,6-12H2,1H3,(H,25,28)(H,26,27). The van der Waals surface area contributed by atoms with Crippen LogP contribution in [0.15, 0.2) is 24.3 Å². The minimum atomic E-state index is -2.77. The van der Waals surface area contributed by atoms with Crippen molar-refractivity contribution in [3.05, 3.63) is 35.4 Å². The van der Waals surface area contributed by atoms with Gasteiger partial charge in [0.25, 0.3) is 0 Å². The lowest BCUT2D eigenvalue weighted by atomic mass is 9.42. The van der Waals surface area contributed by atoms with Crippen LogP contribution in [0.5, 0.6) is 0 Å². The van der Waals surface area contributed by atoms with Gasteiger partial charge in [0.2, 0.25) is 12.3 Å². The molecule has 5 rings (SSSR count). The van der Waals surface area contributed by atoms with Gasteiger partial charge in [0, 0.05) is 6.42 Å². The van der Waals surface area contributed by atoms with Crippen molar-refractivity contribution in [2.75, 3.05) is 0 Å². The van der Waals surface area contributed by atoms with Crippen molar-refractivity contribution in [1.82, 2.24) is 5.32 Å². The summed E-state index contributed by atoms with van der Waals surface area (Å²) in [6.07, 6.45) is 1.77. The van der Waals surface area contributed by atoms with E-state index in [2.05, 4.69) is 29.6 Å². The molecule has 4 bridgehead atoms. The van der Waals surface area contributed by atoms with Gasteiger partial charge >= 0.3 is 5.97 Å². The number of nitrogens with one attached hydrogen (secondary N) is 1. The van der Waals surface area contributed by atoms with Gasteiger partial charge in [-0.25, -0.2) is 13.6 Å². The quantitative estimate of drug-likeness (QED) is 0.769. The van der Waals surface area contributed by atoms with E-state index in [-0.39, 0.29) is 11.3 Å². The van der Waals surface area contributed by atoms with Crippen LogP contribution in [0.3, 0.4) is 0 Å². The number of halogens is 2. The van der Waals surface area contributed by atoms with E-state index in [0.717, 1.165) is 32.1 Å². The molecule has 0 saturated heterocycles. The Morgan fingerprint density at radius 3 is 2.29 bits per heavy atom. The summed E-state index contributed by atoms with van der Waals surface area (Å²) in [7, 11) is 0. The summed E-state index contributed by atoms with van der Waals surface area (Å²) in [4.78, 5) is 24.6. The van der Waals surface area contributed by atoms with Gasteiger partial charge in [0.15, 0.2) is 0 Å². The van der Waals surface area contributed by atoms with Gasteiger partial charge in [-0.05, 0) is 68.3 Å². The number of aryl methyl sites for hydroxylation is 1. The van der Waals surface area contributed by atoms with Gasteiger partial charge in [-0.2, -0.15) is 0 Å². The van der Waals surface area contributed by atoms with E-state index < -0.39 is 30.3 Å². The lowest BCUT2D eigenvalue weighted by Crippen LogP contribution is -2.60. The molecule has 152 valence electrons. The maximum atomic E-state index is 13.2. The van der Waals surface area contributed by atoms with Crippen molar-refractivity contribution < 1.29 is 23.5 Å². The highest BCUT2D eigenvalue weighted by atomic mass is 19.3. The molecular formula is C22H27F2NO3. The summed E-state index contributed by atoms with van der Waals surface area (Å²) in [6.45, 7) is 2.05. The Morgan fingerprint density at radius 1 is 1.14 bits per heavy atom. The van der Waals surface area contributed by atoms with Gasteiger partial charge < -0.3 is 10.4 Å². The molecule has 4 saturated carbocycles. The molecule has 4 nitrogen and oxygen atoms in total. The number of carboxylic acid groups (broad SMARTS) is 1. The molecule has 3 unspecified atom stereocenters. The zero-order valence-corrected chi connectivity index (χ0v) is 16.1. The van der Waals surface area contributed by atoms with Gasteiger partial charge in [-0.1, -0.05) is 29.8 Å². The summed E-state index contributed by atoms with van der Waals surface area (Å²) in [6, 6.07) is 6.99. The summed E-state index contributed by atoms with van der Waals surface area (Å²) in [5.74, 6) is -0.865. The predicted octanol–water partition coefficient (Wildman–Crippen LogP) is 4.06. The molecule has 0 heterocycles. The average molecular weight is 391 g/mol. The number of alkyl halides is 2. The molecule has 1 aromatic carbocycles. The van der Waals surface area contributed by atoms with Crippen LogP contribution in [0.2, 0.25) is 0 Å². The lowest BCUT2D eigenvalue weighted by Gasteiger charge is -2.61. The molecule has 3 atom stereocenters. The summed E-state index contributed by atoms with van der Waals surface area (Å²) in [5.41, 5.74) is 1.76. The fraction of sp³-hybridized carbons (Fsp3) is 0.636. The van der Waals surface area contributed by atoms with E-state index in [4.69, 9.17) is 0 Å². The number of benzene rings is 1. The van der Waals surface area contributed by atoms with Gasteiger partial charge in [0.05, 0.1) is 5.41 Å². The first-order chi connectivity index (χ1) is 13.2. The van der Waals surface area contributed by atoms with Crippen molar-refractivity contribution in [1.29, 1.82) is 0 Å². The molecule has 2 N–H and O–H groups in total. The SMILES string of the molecule is Cc1ccc(C23CC4CC(CC(C(=O)NC(CC(F)F)C(=O)O)(C4)C2)C3)cc1. The lowest BCUT2D eigenvalue weighted by molar-refractivity contribution is -0.154. The second-order valence-corrected chi connectivity index (χ2v) is 9.38. The second kappa shape index (κ2) is 6.82. The van der Waals surface area contributed by atoms with Crippen molar-refractivity contribution in [3.63, 3.8) is 0 Å². The van der Waals surface area contributed by atoms with Crippen molar-refractivity contribution in [2.24, 2.45) is 17.3 Å². The van der Waals surface area contributed by atoms with Crippen LogP contribution < -0.4 is 5.32 Å². The van der Waals surface area contributed by atoms with Gasteiger partial charge in [-0.3, -0.25) is 4.79 Å². The summed E-state index contributed by atoms with van der Waals surface area (Å²) in [5, 5.41) is 11.7. The van der Waals surface area contributed by atoms with E-state index in [9.17, 15) is 23.5 Å². The molecular weight excluding hydrogens is 364 g/mol. The molecule has 1 aromatic rings. The zero-order chi connectivity index (χ0) is 20.1. The van der Waals surface area contributed by atoms with Crippen LogP contribution in [-0.2, 0) is 15.0 Å². The monoisotopic (exact) mass is 391 g/mol. The first-order valence-electron chi connectivity index (χ1n) is 10.1. The van der Waals surface area contributed by atoms with E-state index in [1.165, 1.54) is 11.1 Å². The Labute approximate surface area is 163 Å². The fourth-order valence-corrected chi connectivity index (χ4v) is 6.48. The van der Waals surface area contributed by atoms with Crippen LogP contribution in [0.1, 0.15) is 56.1 Å². The maximum Gasteiger partial charge on any atom is 0.326 e. The molecule has 0 radical (unpaired) electrons. The van der Waals surface area contributed by atoms with Crippen molar-refractivity contribution in [3.8, 4) is 0 Å². The third-order valence-corrected chi connectivity index (χ3v) is 7.22. The minimum Gasteiger partial charge on any atom is -0.480 e. The van der Waals surface area contributed by atoms with Crippen LogP contribution >= 0.6 is 0 Å². The summed E-state index contributed by atoms with van der Waals surface area (Å²) < 4.78 is 25.5. The van der Waals surface area contributed by atoms with Crippen LogP contribution in [0.4, 0.5) is 8.78 Å². The number of hydrogen-bond acceptors (Lipinski definition) is 2. The highest BCUT2D eigenvalue weighted by Crippen LogP contribution is 2.65. The Kier molecular flexibility index (Phi) is 4.71. The Hall–Kier alpha value is -1.98. The van der Waals surface area contributed by atoms with E-state index in [1.807, 2.05) is 6.92 Å². The molecule has 4 aliphatic rings. The molecule has 4 aliphatic carbocycles. The number of carbonyl (C=O) groups excluding carboxylic acids is 1. The van der Waals surface area contributed by atoms with Gasteiger partial charge in [-0.15, -0.1) is 0 Å². The maximum absolute atomic E-state index is 13.2. The molecule has 4 fully saturated rings. The first kappa shape index (κ1) is 19.3. The molecule has 6 heteroatoms. The third kappa shape index (κ3) is 3.31. The van der Waals surface area contributed by atoms with Crippen LogP contribution in [0, 0.1) is 24.2 Å². The van der Waals surface area contributed by atoms with Crippen LogP contribution in [0.25, 0.3) is 0 Å². The predicted molar refractivity (Wildman–Crippen MR) is 100 cm³/mol. The first-order valence-corrected chi connectivity index (χ1v) is 10.1. The molecule has 0 spiro atoms. The van der Waals surface area contributed by atoms with Gasteiger partial charge in [0.1, 0.15) is 6.04 Å². The molecule has 0 aliphatic heterocycles. The van der Waals surface area contributed by atoms with E-state index in [1.54, 1.807) is 0 Å². The smallest absolute Gasteiger partial charge is 0.326 e. The summed E-state index contributed by atoms with van der Waals surface area (Å²) >= 11 is 0. The number of hydrogen-bond donors (Lipinski definition) is 2. The number of rotatable bonds is 6.